The normalized spacial score (nSPS) is 10.8. The van der Waals surface area contributed by atoms with Crippen LogP contribution >= 0.6 is 0 Å². The third kappa shape index (κ3) is 2.33. The molecule has 90 valence electrons. The number of ether oxygens (including phenoxy) is 1. The van der Waals surface area contributed by atoms with E-state index in [-0.39, 0.29) is 5.78 Å². The molecule has 1 aromatic heterocycles. The minimum Gasteiger partial charge on any atom is -0.497 e. The van der Waals surface area contributed by atoms with Crippen molar-refractivity contribution in [3.63, 3.8) is 0 Å². The van der Waals surface area contributed by atoms with Crippen molar-refractivity contribution in [2.75, 3.05) is 7.11 Å². The van der Waals surface area contributed by atoms with Gasteiger partial charge in [0.05, 0.1) is 12.6 Å². The maximum absolute atomic E-state index is 11.0. The number of carbonyl (C=O) groups excluding carboxylic acids is 1. The number of aromatic nitrogens is 1. The maximum Gasteiger partial charge on any atom is 0.130 e. The summed E-state index contributed by atoms with van der Waals surface area (Å²) in [6, 6.07) is 6.04. The number of nitrogens with zero attached hydrogens (tertiary/aromatic N) is 1. The Bertz CT molecular complexity index is 555. The highest BCUT2D eigenvalue weighted by Gasteiger charge is 2.08. The maximum atomic E-state index is 11.0. The highest BCUT2D eigenvalue weighted by atomic mass is 16.5. The van der Waals surface area contributed by atoms with Crippen molar-refractivity contribution in [1.82, 2.24) is 4.57 Å². The van der Waals surface area contributed by atoms with Gasteiger partial charge >= 0.3 is 0 Å². The molecule has 0 aliphatic carbocycles. The zero-order valence-corrected chi connectivity index (χ0v) is 10.5. The number of rotatable bonds is 4. The van der Waals surface area contributed by atoms with Gasteiger partial charge in [0, 0.05) is 31.1 Å². The molecule has 3 nitrogen and oxygen atoms in total. The van der Waals surface area contributed by atoms with Gasteiger partial charge in [-0.1, -0.05) is 0 Å². The lowest BCUT2D eigenvalue weighted by Crippen LogP contribution is -1.93. The predicted molar refractivity (Wildman–Crippen MR) is 68.5 cm³/mol. The quantitative estimate of drug-likeness (QED) is 0.810. The lowest BCUT2D eigenvalue weighted by atomic mass is 10.1. The van der Waals surface area contributed by atoms with E-state index in [0.29, 0.717) is 6.42 Å². The number of hydrogen-bond donors (Lipinski definition) is 0. The average molecular weight is 231 g/mol. The van der Waals surface area contributed by atoms with E-state index < -0.39 is 0 Å². The second kappa shape index (κ2) is 4.62. The second-order valence-electron chi connectivity index (χ2n) is 4.35. The zero-order chi connectivity index (χ0) is 12.4. The average Bonchev–Trinajstić information content (AvgIpc) is 2.63. The number of hydrogen-bond acceptors (Lipinski definition) is 2. The number of fused-ring (bicyclic) bond motifs is 1. The number of methoxy groups -OCH3 is 1. The van der Waals surface area contributed by atoms with E-state index in [1.807, 2.05) is 19.2 Å². The van der Waals surface area contributed by atoms with Gasteiger partial charge in [-0.3, -0.25) is 0 Å². The van der Waals surface area contributed by atoms with Crippen molar-refractivity contribution in [3.05, 3.63) is 30.0 Å². The number of ketones is 1. The minimum absolute atomic E-state index is 0.232. The molecule has 3 heteroatoms. The van der Waals surface area contributed by atoms with Crippen LogP contribution in [0.3, 0.4) is 0 Å². The van der Waals surface area contributed by atoms with Crippen LogP contribution in [0.5, 0.6) is 5.75 Å². The van der Waals surface area contributed by atoms with E-state index in [9.17, 15) is 4.79 Å². The van der Waals surface area contributed by atoms with Crippen molar-refractivity contribution in [2.45, 2.75) is 19.8 Å². The van der Waals surface area contributed by atoms with Gasteiger partial charge in [-0.05, 0) is 31.0 Å². The summed E-state index contributed by atoms with van der Waals surface area (Å²) in [5.41, 5.74) is 2.36. The Balaban J connectivity index is 2.41. The van der Waals surface area contributed by atoms with Gasteiger partial charge < -0.3 is 14.1 Å². The van der Waals surface area contributed by atoms with E-state index in [1.54, 1.807) is 14.0 Å². The Morgan fingerprint density at radius 1 is 1.41 bits per heavy atom. The van der Waals surface area contributed by atoms with Crippen molar-refractivity contribution in [2.24, 2.45) is 7.05 Å². The van der Waals surface area contributed by atoms with Gasteiger partial charge in [0.25, 0.3) is 0 Å². The van der Waals surface area contributed by atoms with E-state index in [1.165, 1.54) is 10.9 Å². The first-order valence-electron chi connectivity index (χ1n) is 5.73. The van der Waals surface area contributed by atoms with Crippen molar-refractivity contribution >= 4 is 16.7 Å². The molecule has 0 saturated heterocycles. The van der Waals surface area contributed by atoms with Crippen LogP contribution in [0.1, 0.15) is 18.9 Å². The van der Waals surface area contributed by atoms with E-state index in [2.05, 4.69) is 16.8 Å². The van der Waals surface area contributed by atoms with Gasteiger partial charge in [0.2, 0.25) is 0 Å². The van der Waals surface area contributed by atoms with Crippen molar-refractivity contribution < 1.29 is 9.53 Å². The smallest absolute Gasteiger partial charge is 0.130 e. The highest BCUT2D eigenvalue weighted by molar-refractivity contribution is 5.86. The predicted octanol–water partition coefficient (Wildman–Crippen LogP) is 2.71. The SMILES string of the molecule is COc1ccc2c(CCC(C)=O)cn(C)c2c1. The molecule has 1 heterocycles. The Kier molecular flexibility index (Phi) is 3.18. The summed E-state index contributed by atoms with van der Waals surface area (Å²) >= 11 is 0. The lowest BCUT2D eigenvalue weighted by Gasteiger charge is -2.01. The van der Waals surface area contributed by atoms with Gasteiger partial charge in [-0.25, -0.2) is 0 Å². The molecule has 0 N–H and O–H groups in total. The molecule has 0 aliphatic heterocycles. The van der Waals surface area contributed by atoms with Crippen molar-refractivity contribution in [1.29, 1.82) is 0 Å². The van der Waals surface area contributed by atoms with Gasteiger partial charge in [-0.2, -0.15) is 0 Å². The van der Waals surface area contributed by atoms with E-state index in [0.717, 1.165) is 17.7 Å². The van der Waals surface area contributed by atoms with Gasteiger partial charge in [-0.15, -0.1) is 0 Å². The third-order valence-corrected chi connectivity index (χ3v) is 3.03. The molecular formula is C14H17NO2. The standard InChI is InChI=1S/C14H17NO2/c1-10(16)4-5-11-9-15(2)14-8-12(17-3)6-7-13(11)14/h6-9H,4-5H2,1-3H3. The zero-order valence-electron chi connectivity index (χ0n) is 10.5. The fourth-order valence-electron chi connectivity index (χ4n) is 2.08. The van der Waals surface area contributed by atoms with Crippen LogP contribution in [0, 0.1) is 0 Å². The van der Waals surface area contributed by atoms with Crippen LogP contribution in [-0.2, 0) is 18.3 Å². The molecule has 2 aromatic rings. The monoisotopic (exact) mass is 231 g/mol. The Hall–Kier alpha value is -1.77. The molecule has 0 amide bonds. The van der Waals surface area contributed by atoms with Gasteiger partial charge in [0.15, 0.2) is 0 Å². The summed E-state index contributed by atoms with van der Waals surface area (Å²) < 4.78 is 7.29. The number of carbonyl (C=O) groups is 1. The molecule has 2 rings (SSSR count). The summed E-state index contributed by atoms with van der Waals surface area (Å²) in [6.07, 6.45) is 3.50. The first-order chi connectivity index (χ1) is 8.11. The molecule has 0 unspecified atom stereocenters. The number of Topliss-reactive ketones (excluding diaryl/α,β-unsaturated/α-hetero) is 1. The number of benzene rings is 1. The molecule has 0 atom stereocenters. The Morgan fingerprint density at radius 2 is 2.18 bits per heavy atom. The van der Waals surface area contributed by atoms with Crippen LogP contribution in [0.2, 0.25) is 0 Å². The molecule has 0 spiro atoms. The summed E-state index contributed by atoms with van der Waals surface area (Å²) in [5.74, 6) is 1.09. The first kappa shape index (κ1) is 11.7. The lowest BCUT2D eigenvalue weighted by molar-refractivity contribution is -0.116. The molecule has 1 aromatic carbocycles. The molecule has 0 saturated carbocycles. The van der Waals surface area contributed by atoms with Crippen molar-refractivity contribution in [3.8, 4) is 5.75 Å². The molecule has 0 aliphatic rings. The van der Waals surface area contributed by atoms with E-state index >= 15 is 0 Å². The Labute approximate surface area is 101 Å². The minimum atomic E-state index is 0.232. The summed E-state index contributed by atoms with van der Waals surface area (Å²) in [6.45, 7) is 1.63. The third-order valence-electron chi connectivity index (χ3n) is 3.03. The fraction of sp³-hybridized carbons (Fsp3) is 0.357. The first-order valence-corrected chi connectivity index (χ1v) is 5.73. The summed E-state index contributed by atoms with van der Waals surface area (Å²) in [7, 11) is 3.68. The molecular weight excluding hydrogens is 214 g/mol. The fourth-order valence-corrected chi connectivity index (χ4v) is 2.08. The molecule has 0 fully saturated rings. The topological polar surface area (TPSA) is 31.2 Å². The summed E-state index contributed by atoms with van der Waals surface area (Å²) in [4.78, 5) is 11.0. The number of aryl methyl sites for hydroxylation is 2. The van der Waals surface area contributed by atoms with Gasteiger partial charge in [0.1, 0.15) is 11.5 Å². The molecule has 0 bridgehead atoms. The molecule has 17 heavy (non-hydrogen) atoms. The van der Waals surface area contributed by atoms with E-state index in [4.69, 9.17) is 4.74 Å². The van der Waals surface area contributed by atoms with Crippen LogP contribution in [0.25, 0.3) is 10.9 Å². The Morgan fingerprint density at radius 3 is 2.82 bits per heavy atom. The largest absolute Gasteiger partial charge is 0.497 e. The summed E-state index contributed by atoms with van der Waals surface area (Å²) in [5, 5.41) is 1.20. The molecule has 0 radical (unpaired) electrons. The van der Waals surface area contributed by atoms with Crippen LogP contribution in [-0.4, -0.2) is 17.5 Å². The van der Waals surface area contributed by atoms with Crippen LogP contribution < -0.4 is 4.74 Å². The van der Waals surface area contributed by atoms with Crippen LogP contribution in [0.15, 0.2) is 24.4 Å². The van der Waals surface area contributed by atoms with Crippen LogP contribution in [0.4, 0.5) is 0 Å². The highest BCUT2D eigenvalue weighted by Crippen LogP contribution is 2.25. The second-order valence-corrected chi connectivity index (χ2v) is 4.35.